The van der Waals surface area contributed by atoms with Crippen molar-refractivity contribution in [2.45, 2.75) is 24.5 Å². The van der Waals surface area contributed by atoms with Gasteiger partial charge in [0.1, 0.15) is 11.2 Å². The van der Waals surface area contributed by atoms with Crippen molar-refractivity contribution < 1.29 is 14.6 Å². The zero-order chi connectivity index (χ0) is 14.4. The number of aromatic nitrogens is 2. The highest BCUT2D eigenvalue weighted by atomic mass is 16.5. The molecule has 0 saturated carbocycles. The smallest absolute Gasteiger partial charge is 0.252 e. The van der Waals surface area contributed by atoms with Crippen LogP contribution in [0.25, 0.3) is 11.0 Å². The summed E-state index contributed by atoms with van der Waals surface area (Å²) in [7, 11) is 0. The molecule has 110 valence electrons. The van der Waals surface area contributed by atoms with Gasteiger partial charge in [0.25, 0.3) is 5.91 Å². The molecular weight excluding hydrogens is 272 g/mol. The van der Waals surface area contributed by atoms with Crippen LogP contribution in [0.3, 0.4) is 0 Å². The predicted octanol–water partition coefficient (Wildman–Crippen LogP) is 0.837. The molecule has 2 aliphatic heterocycles. The van der Waals surface area contributed by atoms with E-state index in [0.717, 1.165) is 16.7 Å². The van der Waals surface area contributed by atoms with E-state index in [1.165, 1.54) is 0 Å². The number of pyridine rings is 1. The first kappa shape index (κ1) is 12.6. The molecule has 2 aliphatic rings. The lowest BCUT2D eigenvalue weighted by Crippen LogP contribution is -2.59. The zero-order valence-corrected chi connectivity index (χ0v) is 11.3. The van der Waals surface area contributed by atoms with Crippen LogP contribution in [0.4, 0.5) is 11.4 Å². The maximum atomic E-state index is 12.5. The average Bonchev–Trinajstić information content (AvgIpc) is 2.98. The Hall–Kier alpha value is -2.12. The van der Waals surface area contributed by atoms with Gasteiger partial charge in [0.2, 0.25) is 0 Å². The largest absolute Gasteiger partial charge is 0.394 e. The molecule has 7 heteroatoms. The lowest BCUT2D eigenvalue weighted by molar-refractivity contribution is -0.128. The molecule has 2 aromatic heterocycles. The quantitative estimate of drug-likeness (QED) is 0.623. The van der Waals surface area contributed by atoms with Crippen molar-refractivity contribution in [3.8, 4) is 0 Å². The number of nitrogens with one attached hydrogen (secondary N) is 3. The number of aliphatic hydroxyl groups is 1. The summed E-state index contributed by atoms with van der Waals surface area (Å²) < 4.78 is 5.60. The molecule has 1 saturated heterocycles. The van der Waals surface area contributed by atoms with Crippen LogP contribution in [0.1, 0.15) is 12.8 Å². The van der Waals surface area contributed by atoms with E-state index in [9.17, 15) is 4.79 Å². The fraction of sp³-hybridized carbons (Fsp3) is 0.429. The van der Waals surface area contributed by atoms with Gasteiger partial charge in [-0.25, -0.2) is 4.98 Å². The first-order valence-corrected chi connectivity index (χ1v) is 7.00. The van der Waals surface area contributed by atoms with Crippen molar-refractivity contribution in [1.82, 2.24) is 9.97 Å². The Morgan fingerprint density at radius 1 is 1.52 bits per heavy atom. The first-order valence-electron chi connectivity index (χ1n) is 7.00. The molecule has 1 spiro atoms. The van der Waals surface area contributed by atoms with Crippen molar-refractivity contribution in [1.29, 1.82) is 0 Å². The van der Waals surface area contributed by atoms with Gasteiger partial charge in [-0.05, 0) is 18.9 Å². The van der Waals surface area contributed by atoms with Gasteiger partial charge < -0.3 is 25.5 Å². The summed E-state index contributed by atoms with van der Waals surface area (Å²) in [5.74, 6) is -0.108. The number of rotatable bonds is 1. The fourth-order valence-corrected chi connectivity index (χ4v) is 3.02. The van der Waals surface area contributed by atoms with E-state index in [0.29, 0.717) is 18.5 Å². The monoisotopic (exact) mass is 288 g/mol. The van der Waals surface area contributed by atoms with E-state index in [-0.39, 0.29) is 25.2 Å². The summed E-state index contributed by atoms with van der Waals surface area (Å²) in [4.78, 5) is 19.8. The number of aromatic amines is 1. The molecule has 0 bridgehead atoms. The normalized spacial score (nSPS) is 28.2. The van der Waals surface area contributed by atoms with Crippen LogP contribution >= 0.6 is 0 Å². The van der Waals surface area contributed by atoms with Crippen LogP contribution in [0.2, 0.25) is 0 Å². The van der Waals surface area contributed by atoms with Crippen molar-refractivity contribution in [2.24, 2.45) is 0 Å². The Bertz CT molecular complexity index is 703. The summed E-state index contributed by atoms with van der Waals surface area (Å²) in [6.07, 6.45) is 4.55. The van der Waals surface area contributed by atoms with Crippen LogP contribution < -0.4 is 10.6 Å². The third-order valence-corrected chi connectivity index (χ3v) is 4.30. The molecule has 1 fully saturated rings. The van der Waals surface area contributed by atoms with Gasteiger partial charge in [-0.2, -0.15) is 0 Å². The van der Waals surface area contributed by atoms with E-state index in [2.05, 4.69) is 20.6 Å². The molecule has 2 atom stereocenters. The third kappa shape index (κ3) is 1.81. The molecule has 4 N–H and O–H groups in total. The number of amides is 1. The molecule has 4 rings (SSSR count). The third-order valence-electron chi connectivity index (χ3n) is 4.30. The van der Waals surface area contributed by atoms with Gasteiger partial charge in [0.15, 0.2) is 0 Å². The Kier molecular flexibility index (Phi) is 2.66. The van der Waals surface area contributed by atoms with Gasteiger partial charge in [0.05, 0.1) is 36.9 Å². The van der Waals surface area contributed by atoms with E-state index in [1.807, 2.05) is 12.3 Å². The lowest BCUT2D eigenvalue weighted by Gasteiger charge is -2.42. The average molecular weight is 288 g/mol. The van der Waals surface area contributed by atoms with Gasteiger partial charge in [-0.15, -0.1) is 0 Å². The molecular formula is C14H16N4O3. The van der Waals surface area contributed by atoms with Crippen molar-refractivity contribution in [3.05, 3.63) is 18.5 Å². The number of hydrogen-bond acceptors (Lipinski definition) is 5. The maximum absolute atomic E-state index is 12.5. The fourth-order valence-electron chi connectivity index (χ4n) is 3.02. The van der Waals surface area contributed by atoms with Crippen LogP contribution in [-0.4, -0.2) is 45.8 Å². The molecule has 0 unspecified atom stereocenters. The number of carbonyl (C=O) groups excluding carboxylic acids is 1. The number of carbonyl (C=O) groups is 1. The molecule has 4 heterocycles. The number of hydrogen-bond donors (Lipinski definition) is 4. The second-order valence-electron chi connectivity index (χ2n) is 5.60. The van der Waals surface area contributed by atoms with Crippen LogP contribution in [0.5, 0.6) is 0 Å². The molecule has 0 aromatic carbocycles. The van der Waals surface area contributed by atoms with Gasteiger partial charge in [-0.3, -0.25) is 4.79 Å². The topological polar surface area (TPSA) is 99.3 Å². The molecule has 7 nitrogen and oxygen atoms in total. The molecule has 0 aliphatic carbocycles. The van der Waals surface area contributed by atoms with Gasteiger partial charge >= 0.3 is 0 Å². The number of anilines is 2. The second-order valence-corrected chi connectivity index (χ2v) is 5.60. The zero-order valence-electron chi connectivity index (χ0n) is 11.3. The van der Waals surface area contributed by atoms with Crippen molar-refractivity contribution >= 4 is 28.3 Å². The number of nitrogens with zero attached hydrogens (tertiary/aromatic N) is 1. The van der Waals surface area contributed by atoms with E-state index in [4.69, 9.17) is 9.84 Å². The van der Waals surface area contributed by atoms with Crippen LogP contribution in [0, 0.1) is 0 Å². The summed E-state index contributed by atoms with van der Waals surface area (Å²) in [5.41, 5.74) is 1.55. The Morgan fingerprint density at radius 2 is 2.43 bits per heavy atom. The second kappa shape index (κ2) is 4.44. The summed E-state index contributed by atoms with van der Waals surface area (Å²) in [6, 6.07) is 1.93. The molecule has 0 radical (unpaired) electrons. The highest BCUT2D eigenvalue weighted by Crippen LogP contribution is 2.39. The SMILES string of the molecule is O=C1Nc2cnc3[nH]ccc3c2N[C@]12CC[C@H](CO)OC2. The summed E-state index contributed by atoms with van der Waals surface area (Å²) in [6.45, 7) is 0.234. The van der Waals surface area contributed by atoms with Crippen molar-refractivity contribution in [2.75, 3.05) is 23.8 Å². The number of H-pyrrole nitrogens is 1. The van der Waals surface area contributed by atoms with Gasteiger partial charge in [0, 0.05) is 11.6 Å². The lowest BCUT2D eigenvalue weighted by atomic mass is 9.87. The van der Waals surface area contributed by atoms with E-state index in [1.54, 1.807) is 6.20 Å². The Labute approximate surface area is 120 Å². The number of aliphatic hydroxyl groups excluding tert-OH is 1. The minimum Gasteiger partial charge on any atom is -0.394 e. The predicted molar refractivity (Wildman–Crippen MR) is 77.1 cm³/mol. The summed E-state index contributed by atoms with van der Waals surface area (Å²) >= 11 is 0. The Morgan fingerprint density at radius 3 is 3.19 bits per heavy atom. The highest BCUT2D eigenvalue weighted by molar-refractivity contribution is 6.11. The van der Waals surface area contributed by atoms with Gasteiger partial charge in [-0.1, -0.05) is 0 Å². The van der Waals surface area contributed by atoms with Crippen LogP contribution in [0.15, 0.2) is 18.5 Å². The van der Waals surface area contributed by atoms with E-state index < -0.39 is 5.54 Å². The molecule has 1 amide bonds. The highest BCUT2D eigenvalue weighted by Gasteiger charge is 2.46. The minimum absolute atomic E-state index is 0.0136. The molecule has 2 aromatic rings. The number of ether oxygens (including phenoxy) is 1. The maximum Gasteiger partial charge on any atom is 0.252 e. The summed E-state index contributed by atoms with van der Waals surface area (Å²) in [5, 5.41) is 16.4. The number of fused-ring (bicyclic) bond motifs is 3. The van der Waals surface area contributed by atoms with E-state index >= 15 is 0 Å². The van der Waals surface area contributed by atoms with Crippen molar-refractivity contribution in [3.63, 3.8) is 0 Å². The Balaban J connectivity index is 1.73. The standard InChI is InChI=1S/C14H16N4O3/c19-6-8-1-3-14(7-21-8)13(20)17-10-5-16-12-9(2-4-15-12)11(10)18-14/h2,4-5,8,18-19H,1,3,6-7H2,(H,15,16)(H,17,20)/t8-,14+/m1/s1. The van der Waals surface area contributed by atoms with Crippen LogP contribution in [-0.2, 0) is 9.53 Å². The minimum atomic E-state index is -0.774. The first-order chi connectivity index (χ1) is 10.2. The molecule has 21 heavy (non-hydrogen) atoms.